The smallest absolute Gasteiger partial charge is 0.0822 e. The number of rotatable bonds is 11. The number of hydrogen-bond acceptors (Lipinski definition) is 3. The Morgan fingerprint density at radius 1 is 0.645 bits per heavy atom. The largest absolute Gasteiger partial charge is 0.383 e. The lowest BCUT2D eigenvalue weighted by Crippen LogP contribution is -2.27. The van der Waals surface area contributed by atoms with Crippen molar-refractivity contribution < 1.29 is 0 Å². The highest BCUT2D eigenvalue weighted by Gasteiger charge is 2.15. The molecule has 0 aliphatic carbocycles. The SMILES string of the molecule is CC(C)c1cccc(C(C)C)c1NCCN(Cl)CNc1c(C(C)C)cccc1C(C)C. The first-order valence-corrected chi connectivity index (χ1v) is 12.1. The highest BCUT2D eigenvalue weighted by molar-refractivity contribution is 6.13. The molecule has 2 aromatic carbocycles. The third-order valence-electron chi connectivity index (χ3n) is 5.83. The van der Waals surface area contributed by atoms with Gasteiger partial charge in [0.25, 0.3) is 0 Å². The zero-order valence-electron chi connectivity index (χ0n) is 20.7. The van der Waals surface area contributed by atoms with Gasteiger partial charge in [-0.05, 0) is 57.7 Å². The molecule has 0 heterocycles. The molecule has 0 atom stereocenters. The number of benzene rings is 2. The van der Waals surface area contributed by atoms with Crippen molar-refractivity contribution >= 4 is 23.2 Å². The minimum absolute atomic E-state index is 0.466. The second kappa shape index (κ2) is 11.8. The monoisotopic (exact) mass is 443 g/mol. The van der Waals surface area contributed by atoms with Crippen LogP contribution >= 0.6 is 11.8 Å². The fraction of sp³-hybridized carbons (Fsp3) is 0.556. The molecule has 0 fully saturated rings. The molecule has 0 bridgehead atoms. The van der Waals surface area contributed by atoms with E-state index in [1.54, 1.807) is 0 Å². The Balaban J connectivity index is 2.03. The molecule has 0 unspecified atom stereocenters. The molecule has 0 saturated heterocycles. The van der Waals surface area contributed by atoms with Gasteiger partial charge in [0, 0.05) is 24.5 Å². The molecule has 4 heteroatoms. The van der Waals surface area contributed by atoms with Crippen LogP contribution in [0.4, 0.5) is 11.4 Å². The van der Waals surface area contributed by atoms with E-state index in [0.29, 0.717) is 30.3 Å². The highest BCUT2D eigenvalue weighted by Crippen LogP contribution is 2.33. The Morgan fingerprint density at radius 2 is 1.00 bits per heavy atom. The van der Waals surface area contributed by atoms with Gasteiger partial charge in [0.1, 0.15) is 0 Å². The molecular formula is C27H42ClN3. The zero-order chi connectivity index (χ0) is 23.1. The zero-order valence-corrected chi connectivity index (χ0v) is 21.5. The van der Waals surface area contributed by atoms with Crippen LogP contribution in [0.2, 0.25) is 0 Å². The summed E-state index contributed by atoms with van der Waals surface area (Å²) in [5.74, 6) is 1.90. The quantitative estimate of drug-likeness (QED) is 0.271. The molecular weight excluding hydrogens is 402 g/mol. The first kappa shape index (κ1) is 25.5. The van der Waals surface area contributed by atoms with Crippen molar-refractivity contribution in [3.63, 3.8) is 0 Å². The van der Waals surface area contributed by atoms with E-state index >= 15 is 0 Å². The van der Waals surface area contributed by atoms with Gasteiger partial charge in [-0.2, -0.15) is 4.42 Å². The van der Waals surface area contributed by atoms with E-state index < -0.39 is 0 Å². The number of nitrogens with zero attached hydrogens (tertiary/aromatic N) is 1. The predicted octanol–water partition coefficient (Wildman–Crippen LogP) is 8.12. The standard InChI is InChI=1S/C27H42ClN3/c1-18(2)22-11-9-12-23(19(3)4)26(22)29-15-16-31(28)17-30-27-24(20(5)6)13-10-14-25(27)21(7)8/h9-14,18-21,29-30H,15-17H2,1-8H3. The van der Waals surface area contributed by atoms with Crippen LogP contribution in [-0.4, -0.2) is 24.2 Å². The van der Waals surface area contributed by atoms with Gasteiger partial charge in [-0.25, -0.2) is 0 Å². The van der Waals surface area contributed by atoms with Crippen molar-refractivity contribution in [3.05, 3.63) is 58.7 Å². The summed E-state index contributed by atoms with van der Waals surface area (Å²) in [4.78, 5) is 0. The van der Waals surface area contributed by atoms with Crippen LogP contribution in [0.3, 0.4) is 0 Å². The van der Waals surface area contributed by atoms with E-state index in [-0.39, 0.29) is 0 Å². The van der Waals surface area contributed by atoms with Crippen LogP contribution in [0, 0.1) is 0 Å². The van der Waals surface area contributed by atoms with Gasteiger partial charge < -0.3 is 10.6 Å². The van der Waals surface area contributed by atoms with Crippen LogP contribution in [0.1, 0.15) is 101 Å². The number of halogens is 1. The Hall–Kier alpha value is -1.71. The molecule has 0 spiro atoms. The average molecular weight is 444 g/mol. The molecule has 2 rings (SSSR count). The number of nitrogens with one attached hydrogen (secondary N) is 2. The van der Waals surface area contributed by atoms with Crippen molar-refractivity contribution in [1.82, 2.24) is 4.42 Å². The van der Waals surface area contributed by atoms with Crippen molar-refractivity contribution in [2.45, 2.75) is 79.1 Å². The van der Waals surface area contributed by atoms with Crippen molar-refractivity contribution in [3.8, 4) is 0 Å². The summed E-state index contributed by atoms with van der Waals surface area (Å²) >= 11 is 6.60. The fourth-order valence-corrected chi connectivity index (χ4v) is 4.20. The summed E-state index contributed by atoms with van der Waals surface area (Å²) in [5, 5.41) is 7.30. The third-order valence-corrected chi connectivity index (χ3v) is 6.12. The Labute approximate surface area is 195 Å². The maximum absolute atomic E-state index is 6.60. The molecule has 0 amide bonds. The summed E-state index contributed by atoms with van der Waals surface area (Å²) in [5.41, 5.74) is 7.95. The first-order valence-electron chi connectivity index (χ1n) is 11.8. The predicted molar refractivity (Wildman–Crippen MR) is 139 cm³/mol. The lowest BCUT2D eigenvalue weighted by atomic mass is 9.92. The van der Waals surface area contributed by atoms with Crippen LogP contribution in [-0.2, 0) is 0 Å². The number of hydrogen-bond donors (Lipinski definition) is 2. The summed E-state index contributed by atoms with van der Waals surface area (Å²) in [6, 6.07) is 13.2. The number of para-hydroxylation sites is 2. The molecule has 0 aliphatic heterocycles. The second-order valence-corrected chi connectivity index (χ2v) is 10.2. The minimum atomic E-state index is 0.466. The van der Waals surface area contributed by atoms with E-state index in [2.05, 4.69) is 102 Å². The third kappa shape index (κ3) is 6.89. The average Bonchev–Trinajstić information content (AvgIpc) is 2.71. The van der Waals surface area contributed by atoms with Gasteiger partial charge >= 0.3 is 0 Å². The molecule has 2 aromatic rings. The normalized spacial score (nSPS) is 11.9. The number of anilines is 2. The minimum Gasteiger partial charge on any atom is -0.383 e. The van der Waals surface area contributed by atoms with E-state index in [0.717, 1.165) is 13.1 Å². The molecule has 0 aromatic heterocycles. The van der Waals surface area contributed by atoms with E-state index in [1.165, 1.54) is 33.6 Å². The molecule has 2 N–H and O–H groups in total. The van der Waals surface area contributed by atoms with Crippen molar-refractivity contribution in [2.24, 2.45) is 0 Å². The Kier molecular flexibility index (Phi) is 9.71. The van der Waals surface area contributed by atoms with Crippen molar-refractivity contribution in [2.75, 3.05) is 30.4 Å². The van der Waals surface area contributed by atoms with Crippen LogP contribution < -0.4 is 10.6 Å². The van der Waals surface area contributed by atoms with E-state index in [4.69, 9.17) is 11.8 Å². The Morgan fingerprint density at radius 3 is 1.35 bits per heavy atom. The van der Waals surface area contributed by atoms with Gasteiger partial charge in [-0.3, -0.25) is 0 Å². The molecule has 0 radical (unpaired) electrons. The molecule has 31 heavy (non-hydrogen) atoms. The summed E-state index contributed by atoms with van der Waals surface area (Å²) in [6.45, 7) is 20.1. The lowest BCUT2D eigenvalue weighted by Gasteiger charge is -2.24. The van der Waals surface area contributed by atoms with Crippen LogP contribution in [0.25, 0.3) is 0 Å². The van der Waals surface area contributed by atoms with Crippen LogP contribution in [0.15, 0.2) is 36.4 Å². The van der Waals surface area contributed by atoms with Gasteiger partial charge in [-0.1, -0.05) is 91.8 Å². The van der Waals surface area contributed by atoms with Gasteiger partial charge in [0.05, 0.1) is 6.67 Å². The first-order chi connectivity index (χ1) is 14.6. The lowest BCUT2D eigenvalue weighted by molar-refractivity contribution is 0.502. The Bertz CT molecular complexity index is 775. The summed E-state index contributed by atoms with van der Waals surface area (Å²) in [6.07, 6.45) is 0. The van der Waals surface area contributed by atoms with Gasteiger partial charge in [-0.15, -0.1) is 0 Å². The molecule has 0 saturated carbocycles. The summed E-state index contributed by atoms with van der Waals surface area (Å²) in [7, 11) is 0. The maximum Gasteiger partial charge on any atom is 0.0822 e. The van der Waals surface area contributed by atoms with E-state index in [9.17, 15) is 0 Å². The van der Waals surface area contributed by atoms with Gasteiger partial charge in [0.2, 0.25) is 0 Å². The topological polar surface area (TPSA) is 27.3 Å². The highest BCUT2D eigenvalue weighted by atomic mass is 35.5. The van der Waals surface area contributed by atoms with E-state index in [1.807, 2.05) is 4.42 Å². The van der Waals surface area contributed by atoms with Crippen molar-refractivity contribution in [1.29, 1.82) is 0 Å². The molecule has 0 aliphatic rings. The maximum atomic E-state index is 6.60. The summed E-state index contributed by atoms with van der Waals surface area (Å²) < 4.78 is 1.83. The molecule has 172 valence electrons. The van der Waals surface area contributed by atoms with Crippen LogP contribution in [0.5, 0.6) is 0 Å². The fourth-order valence-electron chi connectivity index (χ4n) is 4.06. The van der Waals surface area contributed by atoms with Gasteiger partial charge in [0.15, 0.2) is 0 Å². The second-order valence-electron chi connectivity index (χ2n) is 9.69. The molecule has 3 nitrogen and oxygen atoms in total.